The van der Waals surface area contributed by atoms with Gasteiger partial charge in [0.1, 0.15) is 12.4 Å². The monoisotopic (exact) mass is 462 g/mol. The molecule has 0 bridgehead atoms. The Morgan fingerprint density at radius 3 is 2.09 bits per heavy atom. The molecule has 0 aliphatic carbocycles. The van der Waals surface area contributed by atoms with Crippen molar-refractivity contribution in [2.45, 2.75) is 6.61 Å². The van der Waals surface area contributed by atoms with Crippen molar-refractivity contribution in [3.8, 4) is 28.3 Å². The van der Waals surface area contributed by atoms with Crippen LogP contribution in [0.2, 0.25) is 0 Å². The van der Waals surface area contributed by atoms with Gasteiger partial charge in [-0.15, -0.1) is 0 Å². The van der Waals surface area contributed by atoms with Gasteiger partial charge in [-0.1, -0.05) is 84.9 Å². The fourth-order valence-corrected chi connectivity index (χ4v) is 3.72. The minimum absolute atomic E-state index is 0.432. The molecule has 0 saturated carbocycles. The van der Waals surface area contributed by atoms with E-state index in [1.165, 1.54) is 5.56 Å². The van der Waals surface area contributed by atoms with Crippen molar-refractivity contribution in [1.29, 1.82) is 0 Å². The van der Waals surface area contributed by atoms with Gasteiger partial charge in [0.05, 0.1) is 6.21 Å². The smallest absolute Gasteiger partial charge is 0.216 e. The number of aromatic nitrogens is 3. The second-order valence-electron chi connectivity index (χ2n) is 7.70. The fourth-order valence-electron chi connectivity index (χ4n) is 3.54. The van der Waals surface area contributed by atoms with Crippen LogP contribution in [0.15, 0.2) is 114 Å². The summed E-state index contributed by atoms with van der Waals surface area (Å²) < 4.78 is 7.92. The van der Waals surface area contributed by atoms with Crippen LogP contribution in [0.1, 0.15) is 11.1 Å². The molecular weight excluding hydrogens is 440 g/mol. The van der Waals surface area contributed by atoms with Gasteiger partial charge in [-0.05, 0) is 58.7 Å². The first-order valence-electron chi connectivity index (χ1n) is 10.9. The van der Waals surface area contributed by atoms with Crippen molar-refractivity contribution in [3.05, 3.63) is 125 Å². The molecule has 0 amide bonds. The van der Waals surface area contributed by atoms with E-state index >= 15 is 0 Å². The number of nitrogens with zero attached hydrogens (tertiary/aromatic N) is 3. The largest absolute Gasteiger partial charge is 0.489 e. The molecule has 0 atom stereocenters. The van der Waals surface area contributed by atoms with Gasteiger partial charge in [-0.3, -0.25) is 0 Å². The summed E-state index contributed by atoms with van der Waals surface area (Å²) in [6.07, 6.45) is 1.76. The van der Waals surface area contributed by atoms with Crippen molar-refractivity contribution in [2.75, 3.05) is 0 Å². The number of H-pyrrole nitrogens is 1. The third-order valence-electron chi connectivity index (χ3n) is 5.35. The zero-order valence-corrected chi connectivity index (χ0v) is 19.2. The van der Waals surface area contributed by atoms with E-state index < -0.39 is 0 Å². The highest BCUT2D eigenvalue weighted by atomic mass is 32.1. The highest BCUT2D eigenvalue weighted by Crippen LogP contribution is 2.24. The third-order valence-corrected chi connectivity index (χ3v) is 5.62. The van der Waals surface area contributed by atoms with E-state index in [0.717, 1.165) is 28.0 Å². The van der Waals surface area contributed by atoms with Gasteiger partial charge in [-0.25, -0.2) is 5.10 Å². The molecule has 0 aliphatic heterocycles. The molecule has 34 heavy (non-hydrogen) atoms. The number of aromatic amines is 1. The first-order valence-corrected chi connectivity index (χ1v) is 11.3. The lowest BCUT2D eigenvalue weighted by molar-refractivity contribution is 0.306. The summed E-state index contributed by atoms with van der Waals surface area (Å²) in [6.45, 7) is 0.533. The Labute approximate surface area is 203 Å². The van der Waals surface area contributed by atoms with Crippen molar-refractivity contribution < 1.29 is 4.74 Å². The number of nitrogens with one attached hydrogen (secondary N) is 1. The molecule has 5 rings (SSSR count). The van der Waals surface area contributed by atoms with Crippen LogP contribution in [-0.4, -0.2) is 21.1 Å². The number of ether oxygens (including phenoxy) is 1. The normalized spacial score (nSPS) is 11.1. The van der Waals surface area contributed by atoms with E-state index in [2.05, 4.69) is 39.6 Å². The third kappa shape index (κ3) is 5.03. The zero-order valence-electron chi connectivity index (χ0n) is 18.3. The van der Waals surface area contributed by atoms with Gasteiger partial charge in [0.15, 0.2) is 5.82 Å². The second-order valence-corrected chi connectivity index (χ2v) is 8.08. The van der Waals surface area contributed by atoms with E-state index in [1.54, 1.807) is 10.9 Å². The zero-order chi connectivity index (χ0) is 23.2. The van der Waals surface area contributed by atoms with E-state index in [-0.39, 0.29) is 0 Å². The molecule has 0 radical (unpaired) electrons. The summed E-state index contributed by atoms with van der Waals surface area (Å²) in [6, 6.07) is 36.3. The van der Waals surface area contributed by atoms with Crippen LogP contribution in [0.25, 0.3) is 22.5 Å². The Morgan fingerprint density at radius 1 is 0.765 bits per heavy atom. The van der Waals surface area contributed by atoms with Gasteiger partial charge >= 0.3 is 0 Å². The minimum atomic E-state index is 0.432. The molecule has 5 aromatic rings. The van der Waals surface area contributed by atoms with Crippen LogP contribution in [0, 0.1) is 4.77 Å². The molecule has 4 aromatic carbocycles. The molecule has 5 nitrogen and oxygen atoms in total. The van der Waals surface area contributed by atoms with Crippen LogP contribution in [0.4, 0.5) is 0 Å². The van der Waals surface area contributed by atoms with Crippen LogP contribution in [0.3, 0.4) is 0 Å². The molecule has 0 unspecified atom stereocenters. The van der Waals surface area contributed by atoms with Gasteiger partial charge in [0, 0.05) is 5.56 Å². The van der Waals surface area contributed by atoms with E-state index in [1.807, 2.05) is 84.9 Å². The minimum Gasteiger partial charge on any atom is -0.489 e. The number of hydrogen-bond acceptors (Lipinski definition) is 4. The Hall–Kier alpha value is -4.29. The van der Waals surface area contributed by atoms with Gasteiger partial charge in [0.25, 0.3) is 0 Å². The molecule has 1 heterocycles. The van der Waals surface area contributed by atoms with Crippen LogP contribution in [-0.2, 0) is 6.61 Å². The van der Waals surface area contributed by atoms with Crippen molar-refractivity contribution >= 4 is 18.4 Å². The molecule has 0 aliphatic rings. The lowest BCUT2D eigenvalue weighted by atomic mass is 10.0. The van der Waals surface area contributed by atoms with Crippen LogP contribution < -0.4 is 4.74 Å². The standard InChI is InChI=1S/C28H22N4OS/c34-28-31-30-27(25-15-13-24(14-16-25)23-9-5-2-6-10-23)32(28)29-19-21-11-17-26(18-12-21)33-20-22-7-3-1-4-8-22/h1-19H,20H2,(H,31,34)/b29-19+. The van der Waals surface area contributed by atoms with Crippen molar-refractivity contribution in [2.24, 2.45) is 5.10 Å². The predicted molar refractivity (Wildman–Crippen MR) is 138 cm³/mol. The van der Waals surface area contributed by atoms with Crippen molar-refractivity contribution in [1.82, 2.24) is 14.9 Å². The van der Waals surface area contributed by atoms with Crippen molar-refractivity contribution in [3.63, 3.8) is 0 Å². The molecule has 6 heteroatoms. The van der Waals surface area contributed by atoms with Gasteiger partial charge in [0.2, 0.25) is 4.77 Å². The van der Waals surface area contributed by atoms with E-state index in [4.69, 9.17) is 17.0 Å². The summed E-state index contributed by atoms with van der Waals surface area (Å²) in [4.78, 5) is 0. The molecular formula is C28H22N4OS. The molecule has 1 aromatic heterocycles. The lowest BCUT2D eigenvalue weighted by Crippen LogP contribution is -1.96. The van der Waals surface area contributed by atoms with Crippen LogP contribution >= 0.6 is 12.2 Å². The number of hydrogen-bond donors (Lipinski definition) is 1. The topological polar surface area (TPSA) is 55.2 Å². The molecule has 166 valence electrons. The van der Waals surface area contributed by atoms with Gasteiger partial charge in [-0.2, -0.15) is 14.9 Å². The highest BCUT2D eigenvalue weighted by molar-refractivity contribution is 7.71. The predicted octanol–water partition coefficient (Wildman–Crippen LogP) is 6.74. The number of benzene rings is 4. The molecule has 0 spiro atoms. The SMILES string of the molecule is S=c1[nH]nc(-c2ccc(-c3ccccc3)cc2)n1/N=C/c1ccc(OCc2ccccc2)cc1. The maximum absolute atomic E-state index is 5.85. The second kappa shape index (κ2) is 10.1. The Kier molecular flexibility index (Phi) is 6.40. The molecule has 1 N–H and O–H groups in total. The maximum atomic E-state index is 5.85. The first-order chi connectivity index (χ1) is 16.8. The summed E-state index contributed by atoms with van der Waals surface area (Å²) in [5.74, 6) is 1.46. The van der Waals surface area contributed by atoms with E-state index in [9.17, 15) is 0 Å². The molecule has 0 saturated heterocycles. The Balaban J connectivity index is 1.30. The van der Waals surface area contributed by atoms with Crippen LogP contribution in [0.5, 0.6) is 5.75 Å². The molecule has 0 fully saturated rings. The lowest BCUT2D eigenvalue weighted by Gasteiger charge is -2.06. The average Bonchev–Trinajstić information content (AvgIpc) is 3.28. The highest BCUT2D eigenvalue weighted by Gasteiger charge is 2.08. The average molecular weight is 463 g/mol. The fraction of sp³-hybridized carbons (Fsp3) is 0.0357. The Bertz CT molecular complexity index is 1440. The quantitative estimate of drug-likeness (QED) is 0.215. The first kappa shape index (κ1) is 21.6. The number of rotatable bonds is 7. The van der Waals surface area contributed by atoms with E-state index in [0.29, 0.717) is 17.2 Å². The summed E-state index contributed by atoms with van der Waals surface area (Å²) in [7, 11) is 0. The summed E-state index contributed by atoms with van der Waals surface area (Å²) >= 11 is 5.40. The maximum Gasteiger partial charge on any atom is 0.216 e. The Morgan fingerprint density at radius 2 is 1.38 bits per heavy atom. The summed E-state index contributed by atoms with van der Waals surface area (Å²) in [5, 5.41) is 11.8. The van der Waals surface area contributed by atoms with Gasteiger partial charge < -0.3 is 4.74 Å². The summed E-state index contributed by atoms with van der Waals surface area (Å²) in [5.41, 5.74) is 5.30.